The maximum atomic E-state index is 12.1. The van der Waals surface area contributed by atoms with E-state index in [9.17, 15) is 4.79 Å². The van der Waals surface area contributed by atoms with Crippen LogP contribution in [0.4, 0.5) is 0 Å². The Balaban J connectivity index is 1.72. The number of benzene rings is 3. The zero-order chi connectivity index (χ0) is 20.1. The van der Waals surface area contributed by atoms with Gasteiger partial charge >= 0.3 is 5.97 Å². The summed E-state index contributed by atoms with van der Waals surface area (Å²) >= 11 is 0. The van der Waals surface area contributed by atoms with E-state index in [0.29, 0.717) is 13.2 Å². The van der Waals surface area contributed by atoms with Crippen LogP contribution in [-0.2, 0) is 19.9 Å². The van der Waals surface area contributed by atoms with E-state index in [2.05, 4.69) is 36.4 Å². The average molecular weight is 386 g/mol. The average Bonchev–Trinajstić information content (AvgIpc) is 3.57. The van der Waals surface area contributed by atoms with Gasteiger partial charge in [0.1, 0.15) is 5.60 Å². The minimum atomic E-state index is -0.731. The molecule has 0 amide bonds. The molecule has 3 aromatic carbocycles. The minimum absolute atomic E-state index is 0.0463. The van der Waals surface area contributed by atoms with Gasteiger partial charge in [-0.3, -0.25) is 4.79 Å². The highest BCUT2D eigenvalue weighted by atomic mass is 16.5. The van der Waals surface area contributed by atoms with Gasteiger partial charge in [0, 0.05) is 0 Å². The number of carbonyl (C=O) groups excluding carboxylic acids is 1. The van der Waals surface area contributed by atoms with E-state index >= 15 is 0 Å². The van der Waals surface area contributed by atoms with Crippen LogP contribution in [0.2, 0.25) is 0 Å². The quantitative estimate of drug-likeness (QED) is 0.395. The highest BCUT2D eigenvalue weighted by Crippen LogP contribution is 2.45. The summed E-state index contributed by atoms with van der Waals surface area (Å²) < 4.78 is 12.0. The molecule has 0 aromatic heterocycles. The van der Waals surface area contributed by atoms with E-state index < -0.39 is 5.60 Å². The molecular weight excluding hydrogens is 360 g/mol. The predicted octanol–water partition coefficient (Wildman–Crippen LogP) is 5.19. The fraction of sp³-hybridized carbons (Fsp3) is 0.269. The topological polar surface area (TPSA) is 35.5 Å². The summed E-state index contributed by atoms with van der Waals surface area (Å²) in [5.41, 5.74) is 2.49. The van der Waals surface area contributed by atoms with Gasteiger partial charge in [-0.15, -0.1) is 0 Å². The third-order valence-corrected chi connectivity index (χ3v) is 5.57. The summed E-state index contributed by atoms with van der Waals surface area (Å²) in [5, 5.41) is 0. The van der Waals surface area contributed by atoms with E-state index in [1.165, 1.54) is 0 Å². The molecule has 0 heterocycles. The molecule has 148 valence electrons. The summed E-state index contributed by atoms with van der Waals surface area (Å²) in [6, 6.07) is 30.9. The van der Waals surface area contributed by atoms with E-state index in [-0.39, 0.29) is 17.8 Å². The van der Waals surface area contributed by atoms with Crippen molar-refractivity contribution in [1.29, 1.82) is 0 Å². The fourth-order valence-electron chi connectivity index (χ4n) is 3.97. The van der Waals surface area contributed by atoms with Gasteiger partial charge in [0.2, 0.25) is 0 Å². The van der Waals surface area contributed by atoms with Gasteiger partial charge in [-0.2, -0.15) is 0 Å². The molecule has 0 spiro atoms. The molecule has 4 rings (SSSR count). The van der Waals surface area contributed by atoms with Gasteiger partial charge in [0.05, 0.1) is 19.1 Å². The van der Waals surface area contributed by atoms with Crippen LogP contribution in [-0.4, -0.2) is 19.2 Å². The van der Waals surface area contributed by atoms with E-state index in [1.807, 2.05) is 61.5 Å². The molecule has 1 saturated carbocycles. The van der Waals surface area contributed by atoms with Gasteiger partial charge in [-0.05, 0) is 36.0 Å². The van der Waals surface area contributed by atoms with Crippen molar-refractivity contribution in [2.45, 2.75) is 18.9 Å². The molecule has 0 N–H and O–H groups in total. The fourth-order valence-corrected chi connectivity index (χ4v) is 3.97. The summed E-state index contributed by atoms with van der Waals surface area (Å²) in [6.07, 6.45) is 0.827. The molecule has 0 unspecified atom stereocenters. The number of rotatable bonds is 8. The van der Waals surface area contributed by atoms with Crippen molar-refractivity contribution < 1.29 is 14.3 Å². The van der Waals surface area contributed by atoms with Gasteiger partial charge < -0.3 is 9.47 Å². The molecule has 0 saturated heterocycles. The Morgan fingerprint density at radius 2 is 1.28 bits per heavy atom. The van der Waals surface area contributed by atoms with Crippen LogP contribution in [0.5, 0.6) is 0 Å². The lowest BCUT2D eigenvalue weighted by Crippen LogP contribution is -2.34. The van der Waals surface area contributed by atoms with Gasteiger partial charge in [-0.1, -0.05) is 91.0 Å². The maximum absolute atomic E-state index is 12.1. The molecule has 3 nitrogen and oxygen atoms in total. The maximum Gasteiger partial charge on any atom is 0.309 e. The highest BCUT2D eigenvalue weighted by molar-refractivity contribution is 5.75. The minimum Gasteiger partial charge on any atom is -0.466 e. The summed E-state index contributed by atoms with van der Waals surface area (Å²) in [6.45, 7) is 2.77. The SMILES string of the molecule is CCOC(=O)[C@@H]1C[C@H]1COC(c1ccccc1)(c1ccccc1)c1ccccc1. The first-order valence-corrected chi connectivity index (χ1v) is 10.2. The normalized spacial score (nSPS) is 18.2. The molecule has 1 aliphatic rings. The van der Waals surface area contributed by atoms with Crippen molar-refractivity contribution in [3.63, 3.8) is 0 Å². The first-order chi connectivity index (χ1) is 14.3. The van der Waals surface area contributed by atoms with Crippen molar-refractivity contribution in [3.8, 4) is 0 Å². The Kier molecular flexibility index (Phi) is 5.77. The first kappa shape index (κ1) is 19.4. The number of carbonyl (C=O) groups is 1. The third-order valence-electron chi connectivity index (χ3n) is 5.57. The van der Waals surface area contributed by atoms with Crippen molar-refractivity contribution in [2.24, 2.45) is 11.8 Å². The van der Waals surface area contributed by atoms with Crippen molar-refractivity contribution >= 4 is 5.97 Å². The molecule has 0 bridgehead atoms. The van der Waals surface area contributed by atoms with Crippen LogP contribution < -0.4 is 0 Å². The molecule has 3 heteroatoms. The standard InChI is InChI=1S/C26H26O3/c1-2-28-25(27)24-18-20(24)19-29-26(21-12-6-3-7-13-21,22-14-8-4-9-15-22)23-16-10-5-11-17-23/h3-17,20,24H,2,18-19H2,1H3/t20-,24+/m0/s1. The lowest BCUT2D eigenvalue weighted by atomic mass is 9.80. The van der Waals surface area contributed by atoms with Crippen molar-refractivity contribution in [2.75, 3.05) is 13.2 Å². The largest absolute Gasteiger partial charge is 0.466 e. The second-order valence-corrected chi connectivity index (χ2v) is 7.44. The molecule has 0 radical (unpaired) electrons. The first-order valence-electron chi connectivity index (χ1n) is 10.2. The van der Waals surface area contributed by atoms with Gasteiger partial charge in [-0.25, -0.2) is 0 Å². The number of esters is 1. The van der Waals surface area contributed by atoms with Crippen LogP contribution in [0.25, 0.3) is 0 Å². The van der Waals surface area contributed by atoms with E-state index in [1.54, 1.807) is 0 Å². The summed E-state index contributed by atoms with van der Waals surface area (Å²) in [4.78, 5) is 12.1. The molecule has 3 aromatic rings. The molecule has 1 fully saturated rings. The Labute approximate surface area is 172 Å². The van der Waals surface area contributed by atoms with Crippen LogP contribution in [0.3, 0.4) is 0 Å². The number of hydrogen-bond acceptors (Lipinski definition) is 3. The van der Waals surface area contributed by atoms with E-state index in [4.69, 9.17) is 9.47 Å². The lowest BCUT2D eigenvalue weighted by molar-refractivity contribution is -0.145. The van der Waals surface area contributed by atoms with Crippen molar-refractivity contribution in [3.05, 3.63) is 108 Å². The van der Waals surface area contributed by atoms with Crippen LogP contribution in [0.15, 0.2) is 91.0 Å². The Bertz CT molecular complexity index is 825. The van der Waals surface area contributed by atoms with Gasteiger partial charge in [0.15, 0.2) is 0 Å². The van der Waals surface area contributed by atoms with Gasteiger partial charge in [0.25, 0.3) is 0 Å². The molecule has 2 atom stereocenters. The lowest BCUT2D eigenvalue weighted by Gasteiger charge is -2.36. The Morgan fingerprint density at radius 1 is 0.828 bits per heavy atom. The Hall–Kier alpha value is -2.91. The predicted molar refractivity (Wildman–Crippen MR) is 113 cm³/mol. The highest BCUT2D eigenvalue weighted by Gasteiger charge is 2.47. The van der Waals surface area contributed by atoms with Crippen LogP contribution >= 0.6 is 0 Å². The smallest absolute Gasteiger partial charge is 0.309 e. The van der Waals surface area contributed by atoms with Crippen LogP contribution in [0, 0.1) is 11.8 Å². The number of hydrogen-bond donors (Lipinski definition) is 0. The third kappa shape index (κ3) is 3.96. The zero-order valence-corrected chi connectivity index (χ0v) is 16.7. The second kappa shape index (κ2) is 8.62. The molecule has 1 aliphatic carbocycles. The summed E-state index contributed by atoms with van der Waals surface area (Å²) in [5.74, 6) is 0.0466. The molecule has 0 aliphatic heterocycles. The molecule has 29 heavy (non-hydrogen) atoms. The monoisotopic (exact) mass is 386 g/mol. The second-order valence-electron chi connectivity index (χ2n) is 7.44. The summed E-state index contributed by atoms with van der Waals surface area (Å²) in [7, 11) is 0. The van der Waals surface area contributed by atoms with Crippen molar-refractivity contribution in [1.82, 2.24) is 0 Å². The zero-order valence-electron chi connectivity index (χ0n) is 16.7. The number of ether oxygens (including phenoxy) is 2. The van der Waals surface area contributed by atoms with E-state index in [0.717, 1.165) is 23.1 Å². The van der Waals surface area contributed by atoms with Crippen LogP contribution in [0.1, 0.15) is 30.0 Å². The molecular formula is C26H26O3. The Morgan fingerprint density at radius 3 is 1.69 bits per heavy atom.